The highest BCUT2D eigenvalue weighted by Gasteiger charge is 2.12. The van der Waals surface area contributed by atoms with Crippen molar-refractivity contribution in [3.05, 3.63) is 12.2 Å². The summed E-state index contributed by atoms with van der Waals surface area (Å²) in [4.78, 5) is 0. The summed E-state index contributed by atoms with van der Waals surface area (Å²) in [5.74, 6) is 1.04. The lowest BCUT2D eigenvalue weighted by atomic mass is 10.2. The van der Waals surface area contributed by atoms with Gasteiger partial charge in [0, 0.05) is 19.4 Å². The monoisotopic (exact) mass is 125 g/mol. The van der Waals surface area contributed by atoms with Crippen molar-refractivity contribution in [3.63, 3.8) is 0 Å². The van der Waals surface area contributed by atoms with E-state index >= 15 is 0 Å². The minimum Gasteiger partial charge on any atom is -0.257 e. The molecule has 1 aliphatic heterocycles. The average Bonchev–Trinajstić information content (AvgIpc) is 1.93. The fraction of sp³-hybridized carbons (Fsp3) is 0.625. The third-order valence-corrected chi connectivity index (χ3v) is 1.48. The fourth-order valence-electron chi connectivity index (χ4n) is 0.996. The van der Waals surface area contributed by atoms with E-state index in [-0.39, 0.29) is 0 Å². The third kappa shape index (κ3) is 2.00. The highest BCUT2D eigenvalue weighted by molar-refractivity contribution is 5.87. The summed E-state index contributed by atoms with van der Waals surface area (Å²) in [5.41, 5.74) is 0. The highest BCUT2D eigenvalue weighted by Crippen LogP contribution is 2.03. The standard InChI is InChI=1S/C8H13O/c1-7-5-3-4-6-8(2)9-7/h3,5,8H,4,6H2,1-2H3/q+1/t8-/m1/s1. The number of ketones is 1. The van der Waals surface area contributed by atoms with Crippen LogP contribution in [0.3, 0.4) is 0 Å². The van der Waals surface area contributed by atoms with Crippen molar-refractivity contribution in [2.24, 2.45) is 0 Å². The summed E-state index contributed by atoms with van der Waals surface area (Å²) in [5, 5.41) is 0. The van der Waals surface area contributed by atoms with Gasteiger partial charge in [-0.05, 0) is 6.42 Å². The molecule has 0 N–H and O–H groups in total. The Bertz CT molecular complexity index is 145. The van der Waals surface area contributed by atoms with Gasteiger partial charge in [-0.2, -0.15) is 0 Å². The average molecular weight is 125 g/mol. The molecule has 0 fully saturated rings. The number of rotatable bonds is 0. The Balaban J connectivity index is 2.62. The normalized spacial score (nSPS) is 27.3. The number of hydrogen-bond donors (Lipinski definition) is 0. The van der Waals surface area contributed by atoms with Crippen molar-refractivity contribution in [3.8, 4) is 0 Å². The van der Waals surface area contributed by atoms with Crippen LogP contribution in [0.5, 0.6) is 0 Å². The Labute approximate surface area is 56.1 Å². The van der Waals surface area contributed by atoms with Crippen LogP contribution in [0, 0.1) is 0 Å². The maximum Gasteiger partial charge on any atom is 0.316 e. The first-order valence-corrected chi connectivity index (χ1v) is 3.46. The second kappa shape index (κ2) is 2.81. The van der Waals surface area contributed by atoms with Crippen molar-refractivity contribution in [1.29, 1.82) is 0 Å². The molecule has 0 radical (unpaired) electrons. The Morgan fingerprint density at radius 2 is 2.44 bits per heavy atom. The van der Waals surface area contributed by atoms with Gasteiger partial charge in [0.1, 0.15) is 0 Å². The molecule has 1 aliphatic rings. The minimum absolute atomic E-state index is 0.403. The zero-order valence-corrected chi connectivity index (χ0v) is 6.05. The van der Waals surface area contributed by atoms with Crippen molar-refractivity contribution >= 4 is 5.78 Å². The summed E-state index contributed by atoms with van der Waals surface area (Å²) < 4.78 is 5.44. The molecule has 1 atom stereocenters. The van der Waals surface area contributed by atoms with E-state index in [1.807, 2.05) is 13.0 Å². The molecule has 50 valence electrons. The van der Waals surface area contributed by atoms with E-state index in [1.165, 1.54) is 0 Å². The van der Waals surface area contributed by atoms with E-state index in [2.05, 4.69) is 13.0 Å². The molecule has 0 aromatic heterocycles. The quantitative estimate of drug-likeness (QED) is 0.438. The van der Waals surface area contributed by atoms with Crippen LogP contribution < -0.4 is 0 Å². The van der Waals surface area contributed by atoms with Gasteiger partial charge in [0.25, 0.3) is 6.10 Å². The van der Waals surface area contributed by atoms with Crippen molar-refractivity contribution in [1.82, 2.24) is 0 Å². The first-order chi connectivity index (χ1) is 4.29. The van der Waals surface area contributed by atoms with Gasteiger partial charge in [-0.15, -0.1) is 0 Å². The van der Waals surface area contributed by atoms with Gasteiger partial charge in [-0.3, -0.25) is 4.42 Å². The van der Waals surface area contributed by atoms with Crippen LogP contribution in [0.2, 0.25) is 0 Å². The molecule has 1 heterocycles. The number of allylic oxidation sites excluding steroid dienone is 2. The van der Waals surface area contributed by atoms with Gasteiger partial charge in [-0.25, -0.2) is 0 Å². The summed E-state index contributed by atoms with van der Waals surface area (Å²) in [7, 11) is 0. The van der Waals surface area contributed by atoms with Gasteiger partial charge in [0.2, 0.25) is 0 Å². The van der Waals surface area contributed by atoms with Crippen molar-refractivity contribution in [2.75, 3.05) is 0 Å². The van der Waals surface area contributed by atoms with Crippen LogP contribution in [0.25, 0.3) is 0 Å². The van der Waals surface area contributed by atoms with E-state index < -0.39 is 0 Å². The molecule has 1 rings (SSSR count). The topological polar surface area (TPSA) is 11.3 Å². The second-order valence-corrected chi connectivity index (χ2v) is 2.52. The van der Waals surface area contributed by atoms with E-state index in [0.717, 1.165) is 18.6 Å². The molecule has 0 bridgehead atoms. The van der Waals surface area contributed by atoms with Crippen LogP contribution in [-0.2, 0) is 4.42 Å². The SMILES string of the molecule is CC1=[O+][C@H](C)CCC=C1. The summed E-state index contributed by atoms with van der Waals surface area (Å²) >= 11 is 0. The Morgan fingerprint density at radius 1 is 1.67 bits per heavy atom. The molecule has 0 saturated heterocycles. The molecule has 0 aliphatic carbocycles. The molecule has 1 heteroatoms. The van der Waals surface area contributed by atoms with Crippen LogP contribution >= 0.6 is 0 Å². The zero-order valence-electron chi connectivity index (χ0n) is 6.05. The molecule has 0 aromatic carbocycles. The van der Waals surface area contributed by atoms with Crippen molar-refractivity contribution in [2.45, 2.75) is 32.8 Å². The maximum absolute atomic E-state index is 5.44. The van der Waals surface area contributed by atoms with Gasteiger partial charge in [0.05, 0.1) is 6.92 Å². The van der Waals surface area contributed by atoms with Gasteiger partial charge in [-0.1, -0.05) is 6.08 Å². The smallest absolute Gasteiger partial charge is 0.257 e. The maximum atomic E-state index is 5.44. The van der Waals surface area contributed by atoms with E-state index in [9.17, 15) is 0 Å². The number of carbonyl (C=O) groups excluding carboxylic acids is 1. The molecular formula is C8H13O+. The Hall–Kier alpha value is -0.590. The lowest BCUT2D eigenvalue weighted by molar-refractivity contribution is -0.498. The van der Waals surface area contributed by atoms with Crippen LogP contribution in [0.15, 0.2) is 12.2 Å². The number of hydrogen-bond acceptors (Lipinski definition) is 0. The minimum atomic E-state index is 0.403. The zero-order chi connectivity index (χ0) is 6.69. The van der Waals surface area contributed by atoms with E-state index in [1.54, 1.807) is 0 Å². The summed E-state index contributed by atoms with van der Waals surface area (Å²) in [6.45, 7) is 4.11. The molecule has 9 heavy (non-hydrogen) atoms. The molecule has 0 unspecified atom stereocenters. The van der Waals surface area contributed by atoms with Crippen LogP contribution in [-0.4, -0.2) is 11.9 Å². The van der Waals surface area contributed by atoms with Crippen LogP contribution in [0.4, 0.5) is 0 Å². The second-order valence-electron chi connectivity index (χ2n) is 2.52. The first-order valence-electron chi connectivity index (χ1n) is 3.46. The molecule has 0 spiro atoms. The molecule has 0 amide bonds. The van der Waals surface area contributed by atoms with E-state index in [4.69, 9.17) is 4.42 Å². The largest absolute Gasteiger partial charge is 0.316 e. The molecule has 1 nitrogen and oxygen atoms in total. The Kier molecular flexibility index (Phi) is 2.04. The highest BCUT2D eigenvalue weighted by atomic mass is 16.4. The first kappa shape index (κ1) is 6.53. The summed E-state index contributed by atoms with van der Waals surface area (Å²) in [6, 6.07) is 0. The predicted octanol–water partition coefficient (Wildman–Crippen LogP) is 1.85. The van der Waals surface area contributed by atoms with Gasteiger partial charge < -0.3 is 0 Å². The fourth-order valence-corrected chi connectivity index (χ4v) is 0.996. The van der Waals surface area contributed by atoms with Crippen LogP contribution in [0.1, 0.15) is 26.7 Å². The predicted molar refractivity (Wildman–Crippen MR) is 38.5 cm³/mol. The molecule has 0 saturated carbocycles. The lowest BCUT2D eigenvalue weighted by Gasteiger charge is -1.88. The van der Waals surface area contributed by atoms with Crippen molar-refractivity contribution < 1.29 is 4.42 Å². The van der Waals surface area contributed by atoms with Gasteiger partial charge in [0.15, 0.2) is 0 Å². The Morgan fingerprint density at radius 3 is 3.22 bits per heavy atom. The van der Waals surface area contributed by atoms with Gasteiger partial charge >= 0.3 is 5.78 Å². The lowest BCUT2D eigenvalue weighted by Crippen LogP contribution is -2.03. The molecular weight excluding hydrogens is 112 g/mol. The molecule has 0 aromatic rings. The summed E-state index contributed by atoms with van der Waals surface area (Å²) in [6.07, 6.45) is 6.91. The van der Waals surface area contributed by atoms with E-state index in [0.29, 0.717) is 6.10 Å². The third-order valence-electron chi connectivity index (χ3n) is 1.48.